The second kappa shape index (κ2) is 3.63. The minimum atomic E-state index is 0.407. The Kier molecular flexibility index (Phi) is 2.32. The third kappa shape index (κ3) is 1.82. The van der Waals surface area contributed by atoms with Crippen LogP contribution in [0.25, 0.3) is 0 Å². The maximum absolute atomic E-state index is 7.78. The van der Waals surface area contributed by atoms with Gasteiger partial charge in [-0.25, -0.2) is 0 Å². The van der Waals surface area contributed by atoms with Crippen LogP contribution in [-0.2, 0) is 0 Å². The fourth-order valence-electron chi connectivity index (χ4n) is 1.09. The minimum absolute atomic E-state index is 0.407. The molecular weight excluding hydrogens is 196 g/mol. The van der Waals surface area contributed by atoms with E-state index in [1.807, 2.05) is 19.1 Å². The van der Waals surface area contributed by atoms with E-state index in [1.54, 1.807) is 23.7 Å². The van der Waals surface area contributed by atoms with E-state index in [4.69, 9.17) is 5.41 Å². The highest BCUT2D eigenvalue weighted by molar-refractivity contribution is 7.14. The summed E-state index contributed by atoms with van der Waals surface area (Å²) in [6.45, 7) is 2.03. The minimum Gasteiger partial charge on any atom is -0.337 e. The lowest BCUT2D eigenvalue weighted by Gasteiger charge is -2.01. The van der Waals surface area contributed by atoms with Crippen molar-refractivity contribution in [2.45, 2.75) is 6.92 Å². The standard InChI is InChI=1S/C9H10N4S/c1-6-2-3-8(14-6)9(10)13-7-4-11-12-5-7/h2-5H,1H3,(H2,10,13)(H,11,12). The summed E-state index contributed by atoms with van der Waals surface area (Å²) in [6.07, 6.45) is 3.37. The molecule has 0 saturated carbocycles. The van der Waals surface area contributed by atoms with E-state index in [0.717, 1.165) is 10.6 Å². The van der Waals surface area contributed by atoms with Gasteiger partial charge in [-0.15, -0.1) is 11.3 Å². The number of amidine groups is 1. The second-order valence-corrected chi connectivity index (χ2v) is 4.19. The van der Waals surface area contributed by atoms with Crippen LogP contribution in [-0.4, -0.2) is 16.0 Å². The lowest BCUT2D eigenvalue weighted by atomic mass is 10.4. The van der Waals surface area contributed by atoms with Crippen molar-refractivity contribution in [2.75, 3.05) is 5.32 Å². The Balaban J connectivity index is 2.10. The van der Waals surface area contributed by atoms with Gasteiger partial charge in [-0.2, -0.15) is 5.10 Å². The van der Waals surface area contributed by atoms with E-state index in [2.05, 4.69) is 15.5 Å². The van der Waals surface area contributed by atoms with Crippen molar-refractivity contribution in [3.8, 4) is 0 Å². The first-order valence-corrected chi connectivity index (χ1v) is 4.98. The number of hydrogen-bond donors (Lipinski definition) is 3. The second-order valence-electron chi connectivity index (χ2n) is 2.90. The Morgan fingerprint density at radius 1 is 1.57 bits per heavy atom. The summed E-state index contributed by atoms with van der Waals surface area (Å²) < 4.78 is 0. The van der Waals surface area contributed by atoms with E-state index < -0.39 is 0 Å². The van der Waals surface area contributed by atoms with Gasteiger partial charge in [-0.1, -0.05) is 0 Å². The lowest BCUT2D eigenvalue weighted by Crippen LogP contribution is -2.09. The Hall–Kier alpha value is -1.62. The summed E-state index contributed by atoms with van der Waals surface area (Å²) in [5, 5.41) is 17.2. The normalized spacial score (nSPS) is 10.1. The average molecular weight is 206 g/mol. The molecule has 0 fully saturated rings. The van der Waals surface area contributed by atoms with Gasteiger partial charge in [0.05, 0.1) is 16.8 Å². The Morgan fingerprint density at radius 3 is 3.00 bits per heavy atom. The molecule has 0 aliphatic carbocycles. The predicted octanol–water partition coefficient (Wildman–Crippen LogP) is 2.22. The third-order valence-corrected chi connectivity index (χ3v) is 2.77. The smallest absolute Gasteiger partial charge is 0.140 e. The summed E-state index contributed by atoms with van der Waals surface area (Å²) in [7, 11) is 0. The first-order valence-electron chi connectivity index (χ1n) is 4.17. The Labute approximate surface area is 85.5 Å². The quantitative estimate of drug-likeness (QED) is 0.521. The van der Waals surface area contributed by atoms with Gasteiger partial charge in [0.15, 0.2) is 0 Å². The SMILES string of the molecule is Cc1ccc(C(=N)Nc2cn[nH]c2)s1. The van der Waals surface area contributed by atoms with E-state index in [0.29, 0.717) is 5.84 Å². The summed E-state index contributed by atoms with van der Waals surface area (Å²) in [5.41, 5.74) is 0.807. The third-order valence-electron chi connectivity index (χ3n) is 1.75. The molecule has 0 atom stereocenters. The molecule has 0 spiro atoms. The highest BCUT2D eigenvalue weighted by Crippen LogP contribution is 2.16. The molecule has 0 aromatic carbocycles. The highest BCUT2D eigenvalue weighted by Gasteiger charge is 2.04. The van der Waals surface area contributed by atoms with Gasteiger partial charge in [0.25, 0.3) is 0 Å². The molecule has 2 aromatic rings. The number of H-pyrrole nitrogens is 1. The number of aryl methyl sites for hydroxylation is 1. The molecule has 2 rings (SSSR count). The first-order chi connectivity index (χ1) is 6.75. The molecule has 0 radical (unpaired) electrons. The van der Waals surface area contributed by atoms with Crippen molar-refractivity contribution in [2.24, 2.45) is 0 Å². The van der Waals surface area contributed by atoms with Crippen LogP contribution >= 0.6 is 11.3 Å². The van der Waals surface area contributed by atoms with Gasteiger partial charge in [0, 0.05) is 11.1 Å². The molecule has 0 amide bonds. The number of nitrogens with one attached hydrogen (secondary N) is 3. The largest absolute Gasteiger partial charge is 0.337 e. The van der Waals surface area contributed by atoms with Crippen molar-refractivity contribution >= 4 is 22.9 Å². The molecule has 0 aliphatic rings. The molecule has 14 heavy (non-hydrogen) atoms. The fourth-order valence-corrected chi connectivity index (χ4v) is 1.87. The molecule has 2 heterocycles. The maximum atomic E-state index is 7.78. The van der Waals surface area contributed by atoms with Gasteiger partial charge in [0.2, 0.25) is 0 Å². The molecule has 3 N–H and O–H groups in total. The van der Waals surface area contributed by atoms with Crippen LogP contribution in [0.4, 0.5) is 5.69 Å². The van der Waals surface area contributed by atoms with Crippen LogP contribution in [0.3, 0.4) is 0 Å². The Bertz CT molecular complexity index is 429. The molecular formula is C9H10N4S. The van der Waals surface area contributed by atoms with E-state index >= 15 is 0 Å². The van der Waals surface area contributed by atoms with Crippen molar-refractivity contribution < 1.29 is 0 Å². The van der Waals surface area contributed by atoms with Crippen LogP contribution in [0.2, 0.25) is 0 Å². The number of nitrogens with zero attached hydrogens (tertiary/aromatic N) is 1. The highest BCUT2D eigenvalue weighted by atomic mass is 32.1. The first kappa shape index (κ1) is 8.96. The number of hydrogen-bond acceptors (Lipinski definition) is 3. The van der Waals surface area contributed by atoms with Crippen molar-refractivity contribution in [3.05, 3.63) is 34.3 Å². The summed E-state index contributed by atoms with van der Waals surface area (Å²) in [6, 6.07) is 3.95. The molecule has 72 valence electrons. The molecule has 0 saturated heterocycles. The van der Waals surface area contributed by atoms with E-state index in [1.165, 1.54) is 4.88 Å². The molecule has 0 unspecified atom stereocenters. The summed E-state index contributed by atoms with van der Waals surface area (Å²) in [4.78, 5) is 2.14. The Morgan fingerprint density at radius 2 is 2.43 bits per heavy atom. The van der Waals surface area contributed by atoms with Crippen LogP contribution < -0.4 is 5.32 Å². The van der Waals surface area contributed by atoms with Gasteiger partial charge in [0.1, 0.15) is 5.84 Å². The topological polar surface area (TPSA) is 64.6 Å². The van der Waals surface area contributed by atoms with Crippen LogP contribution in [0.15, 0.2) is 24.5 Å². The fraction of sp³-hybridized carbons (Fsp3) is 0.111. The number of aromatic amines is 1. The molecule has 0 aliphatic heterocycles. The average Bonchev–Trinajstić information content (AvgIpc) is 2.75. The number of aromatic nitrogens is 2. The van der Waals surface area contributed by atoms with E-state index in [-0.39, 0.29) is 0 Å². The zero-order valence-electron chi connectivity index (χ0n) is 7.66. The maximum Gasteiger partial charge on any atom is 0.140 e. The zero-order valence-corrected chi connectivity index (χ0v) is 8.48. The summed E-state index contributed by atoms with van der Waals surface area (Å²) >= 11 is 1.60. The van der Waals surface area contributed by atoms with Gasteiger partial charge < -0.3 is 5.32 Å². The molecule has 4 nitrogen and oxygen atoms in total. The zero-order chi connectivity index (χ0) is 9.97. The summed E-state index contributed by atoms with van der Waals surface area (Å²) in [5.74, 6) is 0.407. The van der Waals surface area contributed by atoms with Gasteiger partial charge in [-0.05, 0) is 19.1 Å². The number of anilines is 1. The monoisotopic (exact) mass is 206 g/mol. The van der Waals surface area contributed by atoms with Crippen LogP contribution in [0.5, 0.6) is 0 Å². The molecule has 2 aromatic heterocycles. The van der Waals surface area contributed by atoms with Gasteiger partial charge >= 0.3 is 0 Å². The van der Waals surface area contributed by atoms with E-state index in [9.17, 15) is 0 Å². The number of thiophene rings is 1. The molecule has 5 heteroatoms. The van der Waals surface area contributed by atoms with Gasteiger partial charge in [-0.3, -0.25) is 10.5 Å². The van der Waals surface area contributed by atoms with Crippen molar-refractivity contribution in [1.82, 2.24) is 10.2 Å². The van der Waals surface area contributed by atoms with Crippen LogP contribution in [0, 0.1) is 12.3 Å². The van der Waals surface area contributed by atoms with Crippen molar-refractivity contribution in [1.29, 1.82) is 5.41 Å². The van der Waals surface area contributed by atoms with Crippen LogP contribution in [0.1, 0.15) is 9.75 Å². The lowest BCUT2D eigenvalue weighted by molar-refractivity contribution is 1.09. The molecule has 0 bridgehead atoms. The predicted molar refractivity (Wildman–Crippen MR) is 58.1 cm³/mol. The van der Waals surface area contributed by atoms with Crippen molar-refractivity contribution in [3.63, 3.8) is 0 Å². The number of rotatable bonds is 2.